The molecular formula is C4H4Cl2N4S. The molecule has 1 heterocycles. The number of anilines is 1. The molecule has 0 aliphatic rings. The summed E-state index contributed by atoms with van der Waals surface area (Å²) in [5.41, 5.74) is 0. The molecule has 4 nitrogen and oxygen atoms in total. The zero-order valence-electron chi connectivity index (χ0n) is 5.51. The molecular weight excluding hydrogens is 207 g/mol. The van der Waals surface area contributed by atoms with Crippen LogP contribution in [0, 0.1) is 6.92 Å². The maximum Gasteiger partial charge on any atom is 0.241 e. The standard InChI is InChI=1S/C4H4Cl2N4S/c1-2-7-3(10-5)9-4(8-2)11-6/h1H3,(H,7,8,9,10). The summed E-state index contributed by atoms with van der Waals surface area (Å²) in [6.45, 7) is 1.73. The average Bonchev–Trinajstić information content (AvgIpc) is 2.03. The minimum atomic E-state index is 0.308. The van der Waals surface area contributed by atoms with Crippen molar-refractivity contribution in [2.75, 3.05) is 4.84 Å². The lowest BCUT2D eigenvalue weighted by molar-refractivity contribution is 0.873. The van der Waals surface area contributed by atoms with Crippen molar-refractivity contribution in [3.63, 3.8) is 0 Å². The number of aryl methyl sites for hydroxylation is 1. The van der Waals surface area contributed by atoms with Crippen molar-refractivity contribution in [3.05, 3.63) is 5.82 Å². The molecule has 1 aromatic heterocycles. The Morgan fingerprint density at radius 2 is 2.09 bits per heavy atom. The zero-order valence-corrected chi connectivity index (χ0v) is 7.83. The highest BCUT2D eigenvalue weighted by Crippen LogP contribution is 2.17. The fraction of sp³-hybridized carbons (Fsp3) is 0.250. The molecule has 1 N–H and O–H groups in total. The summed E-state index contributed by atoms with van der Waals surface area (Å²) >= 11 is 5.27. The van der Waals surface area contributed by atoms with Gasteiger partial charge in [0, 0.05) is 22.8 Å². The first-order chi connectivity index (χ1) is 5.26. The van der Waals surface area contributed by atoms with Crippen LogP contribution in [-0.2, 0) is 0 Å². The van der Waals surface area contributed by atoms with Crippen LogP contribution >= 0.6 is 33.4 Å². The highest BCUT2D eigenvalue weighted by molar-refractivity contribution is 8.21. The van der Waals surface area contributed by atoms with Crippen molar-refractivity contribution >= 4 is 39.4 Å². The van der Waals surface area contributed by atoms with Crippen LogP contribution in [0.25, 0.3) is 0 Å². The molecule has 0 saturated heterocycles. The van der Waals surface area contributed by atoms with Crippen LogP contribution in [0.15, 0.2) is 5.16 Å². The third-order valence-electron chi connectivity index (χ3n) is 0.880. The van der Waals surface area contributed by atoms with E-state index < -0.39 is 0 Å². The largest absolute Gasteiger partial charge is 0.266 e. The van der Waals surface area contributed by atoms with E-state index in [9.17, 15) is 0 Å². The Kier molecular flexibility index (Phi) is 3.16. The van der Waals surface area contributed by atoms with Crippen molar-refractivity contribution in [3.8, 4) is 0 Å². The second-order valence-corrected chi connectivity index (χ2v) is 2.83. The van der Waals surface area contributed by atoms with Gasteiger partial charge in [0.2, 0.25) is 11.1 Å². The molecule has 7 heteroatoms. The molecule has 1 aromatic rings. The van der Waals surface area contributed by atoms with Crippen LogP contribution in [0.4, 0.5) is 5.95 Å². The first-order valence-corrected chi connectivity index (χ1v) is 4.66. The van der Waals surface area contributed by atoms with E-state index >= 15 is 0 Å². The van der Waals surface area contributed by atoms with Crippen molar-refractivity contribution in [2.24, 2.45) is 0 Å². The second-order valence-electron chi connectivity index (χ2n) is 1.66. The topological polar surface area (TPSA) is 50.7 Å². The molecule has 0 aromatic carbocycles. The van der Waals surface area contributed by atoms with Crippen LogP contribution < -0.4 is 4.84 Å². The quantitative estimate of drug-likeness (QED) is 0.758. The van der Waals surface area contributed by atoms with Crippen LogP contribution in [-0.4, -0.2) is 15.0 Å². The zero-order chi connectivity index (χ0) is 8.27. The summed E-state index contributed by atoms with van der Waals surface area (Å²) in [6, 6.07) is 0. The molecule has 0 aliphatic heterocycles. The second kappa shape index (κ2) is 3.94. The number of nitrogens with one attached hydrogen (secondary N) is 1. The maximum absolute atomic E-state index is 5.42. The predicted octanol–water partition coefficient (Wildman–Crippen LogP) is 1.99. The van der Waals surface area contributed by atoms with Gasteiger partial charge >= 0.3 is 0 Å². The van der Waals surface area contributed by atoms with Gasteiger partial charge in [-0.2, -0.15) is 9.97 Å². The van der Waals surface area contributed by atoms with Crippen LogP contribution in [0.2, 0.25) is 0 Å². The van der Waals surface area contributed by atoms with Gasteiger partial charge in [0.25, 0.3) is 0 Å². The number of rotatable bonds is 2. The van der Waals surface area contributed by atoms with Gasteiger partial charge in [0.15, 0.2) is 0 Å². The first-order valence-electron chi connectivity index (χ1n) is 2.64. The number of hydrogen-bond acceptors (Lipinski definition) is 5. The number of aromatic nitrogens is 3. The van der Waals surface area contributed by atoms with E-state index in [2.05, 4.69) is 19.8 Å². The summed E-state index contributed by atoms with van der Waals surface area (Å²) in [7, 11) is 6.34. The van der Waals surface area contributed by atoms with Crippen molar-refractivity contribution < 1.29 is 0 Å². The molecule has 11 heavy (non-hydrogen) atoms. The Morgan fingerprint density at radius 1 is 1.36 bits per heavy atom. The fourth-order valence-electron chi connectivity index (χ4n) is 0.534. The lowest BCUT2D eigenvalue weighted by Gasteiger charge is -1.98. The minimum absolute atomic E-state index is 0.308. The monoisotopic (exact) mass is 210 g/mol. The van der Waals surface area contributed by atoms with Gasteiger partial charge in [-0.05, 0) is 17.6 Å². The lowest BCUT2D eigenvalue weighted by atomic mass is 10.7. The Labute approximate surface area is 77.4 Å². The number of nitrogens with zero attached hydrogens (tertiary/aromatic N) is 3. The molecule has 0 spiro atoms. The Hall–Kier alpha value is -0.260. The van der Waals surface area contributed by atoms with E-state index in [4.69, 9.17) is 22.5 Å². The van der Waals surface area contributed by atoms with E-state index in [1.807, 2.05) is 0 Å². The van der Waals surface area contributed by atoms with Gasteiger partial charge < -0.3 is 0 Å². The average molecular weight is 211 g/mol. The van der Waals surface area contributed by atoms with Crippen LogP contribution in [0.5, 0.6) is 0 Å². The molecule has 0 bridgehead atoms. The summed E-state index contributed by atoms with van der Waals surface area (Å²) < 4.78 is 0. The summed E-state index contributed by atoms with van der Waals surface area (Å²) in [4.78, 5) is 13.9. The lowest BCUT2D eigenvalue weighted by Crippen LogP contribution is -1.97. The number of halogens is 2. The molecule has 60 valence electrons. The highest BCUT2D eigenvalue weighted by atomic mass is 35.7. The Bertz CT molecular complexity index is 234. The highest BCUT2D eigenvalue weighted by Gasteiger charge is 2.01. The van der Waals surface area contributed by atoms with Crippen LogP contribution in [0.3, 0.4) is 0 Å². The molecule has 0 amide bonds. The molecule has 0 unspecified atom stereocenters. The van der Waals surface area contributed by atoms with Gasteiger partial charge in [-0.15, -0.1) is 0 Å². The molecule has 0 aliphatic carbocycles. The van der Waals surface area contributed by atoms with Crippen molar-refractivity contribution in [1.29, 1.82) is 0 Å². The van der Waals surface area contributed by atoms with Crippen molar-refractivity contribution in [2.45, 2.75) is 12.1 Å². The Morgan fingerprint density at radius 3 is 2.64 bits per heavy atom. The molecule has 1 rings (SSSR count). The molecule has 0 saturated carbocycles. The summed E-state index contributed by atoms with van der Waals surface area (Å²) in [5.74, 6) is 0.883. The SMILES string of the molecule is Cc1nc(NCl)nc(SCl)n1. The van der Waals surface area contributed by atoms with E-state index in [1.165, 1.54) is 0 Å². The van der Waals surface area contributed by atoms with E-state index in [0.29, 0.717) is 16.9 Å². The van der Waals surface area contributed by atoms with Gasteiger partial charge in [-0.3, -0.25) is 4.84 Å². The first kappa shape index (κ1) is 8.83. The van der Waals surface area contributed by atoms with E-state index in [1.54, 1.807) is 6.92 Å². The third-order valence-corrected chi connectivity index (χ3v) is 1.78. The van der Waals surface area contributed by atoms with E-state index in [-0.39, 0.29) is 0 Å². The minimum Gasteiger partial charge on any atom is -0.266 e. The maximum atomic E-state index is 5.42. The van der Waals surface area contributed by atoms with Gasteiger partial charge in [0.1, 0.15) is 5.82 Å². The van der Waals surface area contributed by atoms with Gasteiger partial charge in [-0.25, -0.2) is 4.98 Å². The van der Waals surface area contributed by atoms with Crippen molar-refractivity contribution in [1.82, 2.24) is 15.0 Å². The molecule has 0 fully saturated rings. The summed E-state index contributed by atoms with van der Waals surface area (Å²) in [5, 5.41) is 0.433. The van der Waals surface area contributed by atoms with Gasteiger partial charge in [0.05, 0.1) is 0 Å². The smallest absolute Gasteiger partial charge is 0.241 e. The number of hydrogen-bond donors (Lipinski definition) is 1. The molecule has 0 radical (unpaired) electrons. The van der Waals surface area contributed by atoms with Crippen LogP contribution in [0.1, 0.15) is 5.82 Å². The predicted molar refractivity (Wildman–Crippen MR) is 45.7 cm³/mol. The third kappa shape index (κ3) is 2.36. The Balaban J connectivity index is 3.02. The normalized spacial score (nSPS) is 9.73. The summed E-state index contributed by atoms with van der Waals surface area (Å²) in [6.07, 6.45) is 0. The van der Waals surface area contributed by atoms with E-state index in [0.717, 1.165) is 11.0 Å². The van der Waals surface area contributed by atoms with Gasteiger partial charge in [-0.1, -0.05) is 0 Å². The molecule has 0 atom stereocenters. The fourth-order valence-corrected chi connectivity index (χ4v) is 1.11.